The molecule has 202 valence electrons. The second kappa shape index (κ2) is 9.48. The number of hydrogen-bond donors (Lipinski definition) is 0. The summed E-state index contributed by atoms with van der Waals surface area (Å²) in [6.07, 6.45) is -0.982. The van der Waals surface area contributed by atoms with Gasteiger partial charge in [-0.05, 0) is 66.2 Å². The fourth-order valence-electron chi connectivity index (χ4n) is 6.03. The van der Waals surface area contributed by atoms with Crippen LogP contribution in [0.25, 0.3) is 0 Å². The number of fused-ring (bicyclic) bond motifs is 3. The minimum absolute atomic E-state index is 0.190. The van der Waals surface area contributed by atoms with Gasteiger partial charge in [0.15, 0.2) is 0 Å². The minimum atomic E-state index is -2.12. The molecule has 3 atom stereocenters. The molecule has 7 nitrogen and oxygen atoms in total. The number of Topliss-reactive ketones (excluding diaryl/α,β-unsaturated/α-hetero) is 2. The summed E-state index contributed by atoms with van der Waals surface area (Å²) < 4.78 is 13.0. The van der Waals surface area contributed by atoms with Crippen molar-refractivity contribution in [2.45, 2.75) is 11.7 Å². The monoisotopic (exact) mass is 627 g/mol. The van der Waals surface area contributed by atoms with Gasteiger partial charge in [0.25, 0.3) is 0 Å². The summed E-state index contributed by atoms with van der Waals surface area (Å²) in [6, 6.07) is 26.8. The van der Waals surface area contributed by atoms with Gasteiger partial charge in [-0.2, -0.15) is 0 Å². The Morgan fingerprint density at radius 3 is 1.88 bits per heavy atom. The second-order valence-corrected chi connectivity index (χ2v) is 11.4. The summed E-state index contributed by atoms with van der Waals surface area (Å²) in [5.41, 5.74) is -0.847. The Morgan fingerprint density at radius 2 is 1.29 bits per heavy atom. The van der Waals surface area contributed by atoms with Gasteiger partial charge < -0.3 is 9.47 Å². The average molecular weight is 629 g/mol. The molecule has 4 aromatic carbocycles. The van der Waals surface area contributed by atoms with E-state index in [-0.39, 0.29) is 11.1 Å². The van der Waals surface area contributed by atoms with Crippen LogP contribution in [0.4, 0.5) is 5.69 Å². The van der Waals surface area contributed by atoms with Gasteiger partial charge in [0.05, 0.1) is 23.6 Å². The van der Waals surface area contributed by atoms with Crippen molar-refractivity contribution in [3.63, 3.8) is 0 Å². The molecule has 9 heteroatoms. The Bertz CT molecular complexity index is 1720. The van der Waals surface area contributed by atoms with Crippen LogP contribution in [-0.4, -0.2) is 29.0 Å². The molecule has 2 amide bonds. The first-order chi connectivity index (χ1) is 19.8. The van der Waals surface area contributed by atoms with Gasteiger partial charge >= 0.3 is 0 Å². The largest absolute Gasteiger partial charge is 0.457 e. The molecule has 0 radical (unpaired) electrons. The van der Waals surface area contributed by atoms with Crippen LogP contribution < -0.4 is 9.64 Å². The standard InChI is InChI=1S/C32H19BrClNO6/c33-18-7-5-17(6-8-18)27-25-26(32(41-27)28(36)23-3-1-2-4-24(23)29(32)37)31(39)35(30(25)38)20-11-15-22(16-12-20)40-21-13-9-19(34)10-14-21/h1-16,25-27H/t25-,26-,27+/m1/s1. The van der Waals surface area contributed by atoms with E-state index < -0.39 is 46.9 Å². The van der Waals surface area contributed by atoms with Crippen molar-refractivity contribution in [1.82, 2.24) is 0 Å². The van der Waals surface area contributed by atoms with Gasteiger partial charge in [-0.15, -0.1) is 0 Å². The van der Waals surface area contributed by atoms with Gasteiger partial charge in [-0.3, -0.25) is 19.2 Å². The third-order valence-electron chi connectivity index (χ3n) is 7.86. The minimum Gasteiger partial charge on any atom is -0.457 e. The molecule has 2 aliphatic heterocycles. The Hall–Kier alpha value is -4.11. The second-order valence-electron chi connectivity index (χ2n) is 10.1. The Balaban J connectivity index is 1.28. The number of halogens is 2. The molecular formula is C32H19BrClNO6. The van der Waals surface area contributed by atoms with Gasteiger partial charge in [0.2, 0.25) is 29.0 Å². The third-order valence-corrected chi connectivity index (χ3v) is 8.64. The molecule has 0 saturated carbocycles. The van der Waals surface area contributed by atoms with E-state index in [1.54, 1.807) is 97.1 Å². The lowest BCUT2D eigenvalue weighted by Crippen LogP contribution is -2.51. The van der Waals surface area contributed by atoms with Crippen molar-refractivity contribution >= 4 is 56.6 Å². The molecule has 0 bridgehead atoms. The predicted octanol–water partition coefficient (Wildman–Crippen LogP) is 6.59. The number of anilines is 1. The zero-order chi connectivity index (χ0) is 28.5. The Morgan fingerprint density at radius 1 is 0.732 bits per heavy atom. The number of carbonyl (C=O) groups is 4. The summed E-state index contributed by atoms with van der Waals surface area (Å²) in [6.45, 7) is 0. The first kappa shape index (κ1) is 25.8. The summed E-state index contributed by atoms with van der Waals surface area (Å²) in [5.74, 6) is -3.71. The molecule has 7 rings (SSSR count). The highest BCUT2D eigenvalue weighted by Crippen LogP contribution is 2.57. The van der Waals surface area contributed by atoms with E-state index in [0.29, 0.717) is 27.8 Å². The van der Waals surface area contributed by atoms with Crippen LogP contribution in [0.15, 0.2) is 102 Å². The maximum Gasteiger partial charge on any atom is 0.241 e. The number of carbonyl (C=O) groups excluding carboxylic acids is 4. The number of nitrogens with zero attached hydrogens (tertiary/aromatic N) is 1. The van der Waals surface area contributed by atoms with E-state index in [9.17, 15) is 19.2 Å². The number of hydrogen-bond acceptors (Lipinski definition) is 6. The number of benzene rings is 4. The summed E-state index contributed by atoms with van der Waals surface area (Å²) in [7, 11) is 0. The van der Waals surface area contributed by atoms with Gasteiger partial charge in [0, 0.05) is 20.6 Å². The lowest BCUT2D eigenvalue weighted by Gasteiger charge is -2.27. The number of ketones is 2. The van der Waals surface area contributed by atoms with Crippen LogP contribution in [0.1, 0.15) is 32.4 Å². The molecule has 2 fully saturated rings. The zero-order valence-corrected chi connectivity index (χ0v) is 23.5. The molecule has 4 aromatic rings. The zero-order valence-electron chi connectivity index (χ0n) is 21.1. The summed E-state index contributed by atoms with van der Waals surface area (Å²) in [4.78, 5) is 57.0. The van der Waals surface area contributed by atoms with Gasteiger partial charge in [-0.1, -0.05) is 63.9 Å². The van der Waals surface area contributed by atoms with E-state index >= 15 is 0 Å². The Kier molecular flexibility index (Phi) is 5.97. The average Bonchev–Trinajstić information content (AvgIpc) is 3.55. The lowest BCUT2D eigenvalue weighted by molar-refractivity contribution is -0.127. The summed E-state index contributed by atoms with van der Waals surface area (Å²) >= 11 is 9.35. The number of rotatable bonds is 4. The number of imide groups is 1. The molecule has 41 heavy (non-hydrogen) atoms. The first-order valence-electron chi connectivity index (χ1n) is 12.8. The number of ether oxygens (including phenoxy) is 2. The smallest absolute Gasteiger partial charge is 0.241 e. The quantitative estimate of drug-likeness (QED) is 0.187. The van der Waals surface area contributed by atoms with Gasteiger partial charge in [0.1, 0.15) is 11.5 Å². The molecule has 0 aromatic heterocycles. The van der Waals surface area contributed by atoms with Crippen molar-refractivity contribution in [2.75, 3.05) is 4.90 Å². The van der Waals surface area contributed by atoms with Crippen LogP contribution in [-0.2, 0) is 14.3 Å². The van der Waals surface area contributed by atoms with Crippen molar-refractivity contribution in [3.8, 4) is 11.5 Å². The lowest BCUT2D eigenvalue weighted by atomic mass is 9.77. The van der Waals surface area contributed by atoms with Gasteiger partial charge in [-0.25, -0.2) is 4.90 Å². The fraction of sp³-hybridized carbons (Fsp3) is 0.125. The van der Waals surface area contributed by atoms with Crippen LogP contribution in [0.5, 0.6) is 11.5 Å². The number of amides is 2. The van der Waals surface area contributed by atoms with Crippen molar-refractivity contribution in [2.24, 2.45) is 11.8 Å². The molecule has 0 unspecified atom stereocenters. The molecule has 3 aliphatic rings. The maximum absolute atomic E-state index is 14.1. The van der Waals surface area contributed by atoms with Crippen LogP contribution in [0.2, 0.25) is 5.02 Å². The van der Waals surface area contributed by atoms with E-state index in [0.717, 1.165) is 9.37 Å². The van der Waals surface area contributed by atoms with E-state index in [1.807, 2.05) is 0 Å². The highest BCUT2D eigenvalue weighted by atomic mass is 79.9. The van der Waals surface area contributed by atoms with Crippen molar-refractivity contribution < 1.29 is 28.7 Å². The highest BCUT2D eigenvalue weighted by molar-refractivity contribution is 9.10. The van der Waals surface area contributed by atoms with Crippen LogP contribution in [0.3, 0.4) is 0 Å². The molecule has 0 N–H and O–H groups in total. The SMILES string of the molecule is O=C1[C@H]2[C@H](c3ccc(Br)cc3)OC3(C(=O)c4ccccc4C3=O)[C@H]2C(=O)N1c1ccc(Oc2ccc(Cl)cc2)cc1. The Labute approximate surface area is 247 Å². The molecule has 1 aliphatic carbocycles. The fourth-order valence-corrected chi connectivity index (χ4v) is 6.42. The molecule has 1 spiro atoms. The molecular weight excluding hydrogens is 610 g/mol. The predicted molar refractivity (Wildman–Crippen MR) is 153 cm³/mol. The van der Waals surface area contributed by atoms with E-state index in [4.69, 9.17) is 21.1 Å². The van der Waals surface area contributed by atoms with Crippen LogP contribution in [0, 0.1) is 11.8 Å². The van der Waals surface area contributed by atoms with E-state index in [1.165, 1.54) is 0 Å². The summed E-state index contributed by atoms with van der Waals surface area (Å²) in [5, 5.41) is 0.579. The molecule has 2 saturated heterocycles. The normalized spacial score (nSPS) is 22.4. The third kappa shape index (κ3) is 3.82. The topological polar surface area (TPSA) is 90.0 Å². The molecule has 2 heterocycles. The highest BCUT2D eigenvalue weighted by Gasteiger charge is 2.74. The maximum atomic E-state index is 14.1. The van der Waals surface area contributed by atoms with Crippen LogP contribution >= 0.6 is 27.5 Å². The van der Waals surface area contributed by atoms with Crippen molar-refractivity contribution in [3.05, 3.63) is 123 Å². The van der Waals surface area contributed by atoms with Crippen molar-refractivity contribution in [1.29, 1.82) is 0 Å². The van der Waals surface area contributed by atoms with E-state index in [2.05, 4.69) is 15.9 Å². The first-order valence-corrected chi connectivity index (χ1v) is 14.0.